The van der Waals surface area contributed by atoms with E-state index in [-0.39, 0.29) is 16.5 Å². The molecule has 0 atom stereocenters. The molecule has 4 aromatic rings. The second-order valence-electron chi connectivity index (χ2n) is 7.53. The maximum atomic E-state index is 12.7. The van der Waals surface area contributed by atoms with Gasteiger partial charge < -0.3 is 15.1 Å². The zero-order valence-electron chi connectivity index (χ0n) is 18.8. The van der Waals surface area contributed by atoms with Crippen molar-refractivity contribution in [2.24, 2.45) is 0 Å². The largest absolute Gasteiger partial charge is 0.459 e. The second-order valence-corrected chi connectivity index (χ2v) is 9.22. The first-order valence-corrected chi connectivity index (χ1v) is 11.9. The Morgan fingerprint density at radius 1 is 0.829 bits per heavy atom. The lowest BCUT2D eigenvalue weighted by atomic mass is 10.2. The minimum Gasteiger partial charge on any atom is -0.459 e. The van der Waals surface area contributed by atoms with E-state index in [1.807, 2.05) is 0 Å². The molecule has 0 radical (unpaired) electrons. The Balaban J connectivity index is 1.39. The first-order valence-electron chi connectivity index (χ1n) is 10.4. The van der Waals surface area contributed by atoms with E-state index >= 15 is 0 Å². The number of aromatic nitrogens is 2. The van der Waals surface area contributed by atoms with Gasteiger partial charge in [-0.2, -0.15) is 0 Å². The summed E-state index contributed by atoms with van der Waals surface area (Å²) in [7, 11) is -3.87. The number of sulfonamides is 1. The number of amides is 2. The summed E-state index contributed by atoms with van der Waals surface area (Å²) in [4.78, 5) is 32.8. The molecule has 0 saturated carbocycles. The summed E-state index contributed by atoms with van der Waals surface area (Å²) in [5.41, 5.74) is 1.91. The molecule has 35 heavy (non-hydrogen) atoms. The van der Waals surface area contributed by atoms with Gasteiger partial charge in [0.1, 0.15) is 11.6 Å². The molecule has 0 aliphatic heterocycles. The van der Waals surface area contributed by atoms with Gasteiger partial charge in [0.25, 0.3) is 21.8 Å². The van der Waals surface area contributed by atoms with Crippen LogP contribution in [0.25, 0.3) is 0 Å². The van der Waals surface area contributed by atoms with Crippen LogP contribution in [0.4, 0.5) is 17.2 Å². The van der Waals surface area contributed by atoms with Crippen molar-refractivity contribution in [1.29, 1.82) is 0 Å². The van der Waals surface area contributed by atoms with Gasteiger partial charge >= 0.3 is 0 Å². The fourth-order valence-corrected chi connectivity index (χ4v) is 4.18. The number of furan rings is 1. The Hall–Kier alpha value is -4.51. The van der Waals surface area contributed by atoms with Gasteiger partial charge in [0.2, 0.25) is 0 Å². The minimum absolute atomic E-state index is 0.0149. The molecule has 10 nitrogen and oxygen atoms in total. The highest BCUT2D eigenvalue weighted by Crippen LogP contribution is 2.19. The molecule has 0 fully saturated rings. The fraction of sp³-hybridized carbons (Fsp3) is 0.0833. The number of hydrogen-bond donors (Lipinski definition) is 3. The van der Waals surface area contributed by atoms with Crippen LogP contribution in [0.3, 0.4) is 0 Å². The number of carbonyl (C=O) groups excluding carboxylic acids is 2. The summed E-state index contributed by atoms with van der Waals surface area (Å²) in [6.07, 6.45) is 1.40. The zero-order chi connectivity index (χ0) is 25.0. The van der Waals surface area contributed by atoms with Gasteiger partial charge in [-0.1, -0.05) is 0 Å². The molecule has 2 aromatic carbocycles. The monoisotopic (exact) mass is 491 g/mol. The van der Waals surface area contributed by atoms with Crippen LogP contribution in [0.1, 0.15) is 32.4 Å². The molecule has 0 spiro atoms. The zero-order valence-corrected chi connectivity index (χ0v) is 19.6. The first kappa shape index (κ1) is 23.6. The number of carbonyl (C=O) groups is 2. The van der Waals surface area contributed by atoms with Crippen LogP contribution in [0.2, 0.25) is 0 Å². The van der Waals surface area contributed by atoms with Crippen molar-refractivity contribution in [1.82, 2.24) is 9.97 Å². The summed E-state index contributed by atoms with van der Waals surface area (Å²) >= 11 is 0. The summed E-state index contributed by atoms with van der Waals surface area (Å²) in [6, 6.07) is 16.7. The Bertz CT molecular complexity index is 1450. The smallest absolute Gasteiger partial charge is 0.291 e. The number of nitrogens with one attached hydrogen (secondary N) is 3. The lowest BCUT2D eigenvalue weighted by Crippen LogP contribution is -2.15. The van der Waals surface area contributed by atoms with Gasteiger partial charge in [0.15, 0.2) is 5.76 Å². The number of benzene rings is 2. The van der Waals surface area contributed by atoms with E-state index in [9.17, 15) is 18.0 Å². The van der Waals surface area contributed by atoms with E-state index in [4.69, 9.17) is 4.42 Å². The molecule has 3 N–H and O–H groups in total. The molecule has 4 rings (SSSR count). The summed E-state index contributed by atoms with van der Waals surface area (Å²) in [5, 5.41) is 5.38. The molecule has 2 heterocycles. The first-order chi connectivity index (χ1) is 16.7. The average Bonchev–Trinajstić information content (AvgIpc) is 3.34. The summed E-state index contributed by atoms with van der Waals surface area (Å²) in [5.74, 6) is 0.0101. The maximum Gasteiger partial charge on any atom is 0.291 e. The Morgan fingerprint density at radius 2 is 1.46 bits per heavy atom. The minimum atomic E-state index is -3.87. The summed E-state index contributed by atoms with van der Waals surface area (Å²) in [6.45, 7) is 3.42. The predicted octanol–water partition coefficient (Wildman–Crippen LogP) is 3.99. The molecule has 0 bridgehead atoms. The number of anilines is 3. The lowest BCUT2D eigenvalue weighted by molar-refractivity contribution is 0.0995. The number of rotatable bonds is 7. The van der Waals surface area contributed by atoms with Gasteiger partial charge in [-0.05, 0) is 74.5 Å². The van der Waals surface area contributed by atoms with E-state index in [1.165, 1.54) is 36.6 Å². The van der Waals surface area contributed by atoms with Gasteiger partial charge in [-0.15, -0.1) is 0 Å². The van der Waals surface area contributed by atoms with E-state index < -0.39 is 21.8 Å². The molecule has 2 amide bonds. The fourth-order valence-electron chi connectivity index (χ4n) is 3.19. The number of hydrogen-bond acceptors (Lipinski definition) is 7. The van der Waals surface area contributed by atoms with Crippen LogP contribution >= 0.6 is 0 Å². The van der Waals surface area contributed by atoms with Crippen molar-refractivity contribution >= 4 is 39.0 Å². The second kappa shape index (κ2) is 9.77. The van der Waals surface area contributed by atoms with Crippen LogP contribution in [0.15, 0.2) is 82.3 Å². The highest BCUT2D eigenvalue weighted by molar-refractivity contribution is 7.92. The highest BCUT2D eigenvalue weighted by atomic mass is 32.2. The van der Waals surface area contributed by atoms with Crippen LogP contribution in [-0.4, -0.2) is 30.2 Å². The number of aryl methyl sites for hydroxylation is 2. The molecule has 0 aliphatic rings. The Labute approximate surface area is 201 Å². The molecule has 0 aliphatic carbocycles. The van der Waals surface area contributed by atoms with E-state index in [0.717, 1.165) is 0 Å². The lowest BCUT2D eigenvalue weighted by Gasteiger charge is -2.10. The molecule has 0 saturated heterocycles. The third kappa shape index (κ3) is 5.89. The van der Waals surface area contributed by atoms with E-state index in [1.54, 1.807) is 50.2 Å². The van der Waals surface area contributed by atoms with Crippen molar-refractivity contribution < 1.29 is 22.4 Å². The van der Waals surface area contributed by atoms with Crippen molar-refractivity contribution in [2.75, 3.05) is 15.4 Å². The molecule has 178 valence electrons. The van der Waals surface area contributed by atoms with Gasteiger partial charge in [-0.3, -0.25) is 14.3 Å². The van der Waals surface area contributed by atoms with Gasteiger partial charge in [-0.25, -0.2) is 18.4 Å². The van der Waals surface area contributed by atoms with Crippen LogP contribution < -0.4 is 15.4 Å². The van der Waals surface area contributed by atoms with Crippen molar-refractivity contribution in [3.8, 4) is 0 Å². The van der Waals surface area contributed by atoms with E-state index in [2.05, 4.69) is 25.3 Å². The molecular formula is C24H21N5O5S. The SMILES string of the molecule is Cc1cc(NS(=O)(=O)c2ccc(NC(=O)c3ccc(NC(=O)c4ccco4)cc3)cc2)nc(C)n1. The molecule has 11 heteroatoms. The van der Waals surface area contributed by atoms with Gasteiger partial charge in [0.05, 0.1) is 11.2 Å². The van der Waals surface area contributed by atoms with Crippen LogP contribution in [0, 0.1) is 13.8 Å². The van der Waals surface area contributed by atoms with Gasteiger partial charge in [0, 0.05) is 28.7 Å². The van der Waals surface area contributed by atoms with Crippen molar-refractivity contribution in [3.63, 3.8) is 0 Å². The van der Waals surface area contributed by atoms with E-state index in [0.29, 0.717) is 28.5 Å². The highest BCUT2D eigenvalue weighted by Gasteiger charge is 2.16. The summed E-state index contributed by atoms with van der Waals surface area (Å²) < 4.78 is 32.8. The third-order valence-electron chi connectivity index (χ3n) is 4.78. The normalized spacial score (nSPS) is 11.0. The topological polar surface area (TPSA) is 143 Å². The van der Waals surface area contributed by atoms with Crippen molar-refractivity contribution in [3.05, 3.63) is 95.8 Å². The van der Waals surface area contributed by atoms with Crippen molar-refractivity contribution in [2.45, 2.75) is 18.7 Å². The quantitative estimate of drug-likeness (QED) is 0.355. The predicted molar refractivity (Wildman–Crippen MR) is 130 cm³/mol. The Kier molecular flexibility index (Phi) is 6.60. The Morgan fingerprint density at radius 3 is 2.06 bits per heavy atom. The molecule has 2 aromatic heterocycles. The molecule has 0 unspecified atom stereocenters. The maximum absolute atomic E-state index is 12.7. The van der Waals surface area contributed by atoms with Crippen LogP contribution in [-0.2, 0) is 10.0 Å². The van der Waals surface area contributed by atoms with Crippen LogP contribution in [0.5, 0.6) is 0 Å². The average molecular weight is 492 g/mol. The third-order valence-corrected chi connectivity index (χ3v) is 6.15. The number of nitrogens with zero attached hydrogens (tertiary/aromatic N) is 2. The molecular weight excluding hydrogens is 470 g/mol. The standard InChI is InChI=1S/C24H21N5O5S/c1-15-14-22(26-16(2)25-15)29-35(32,33)20-11-9-19(10-12-20)27-23(30)17-5-7-18(8-6-17)28-24(31)21-4-3-13-34-21/h3-14H,1-2H3,(H,27,30)(H,28,31)(H,25,26,29).